The van der Waals surface area contributed by atoms with Crippen molar-refractivity contribution in [3.05, 3.63) is 28.2 Å². The van der Waals surface area contributed by atoms with Crippen LogP contribution in [0.15, 0.2) is 22.7 Å². The molecule has 0 saturated carbocycles. The number of piperazine rings is 1. The Balaban J connectivity index is 1.77. The average molecular weight is 397 g/mol. The topological polar surface area (TPSA) is 59.1 Å². The number of nitrogens with zero attached hydrogens (tertiary/aromatic N) is 2. The molecule has 1 aromatic rings. The van der Waals surface area contributed by atoms with Crippen LogP contribution in [0.3, 0.4) is 0 Å². The normalized spacial score (nSPS) is 20.7. The van der Waals surface area contributed by atoms with Crippen molar-refractivity contribution in [1.82, 2.24) is 9.80 Å². The van der Waals surface area contributed by atoms with Crippen LogP contribution in [0.2, 0.25) is 0 Å². The van der Waals surface area contributed by atoms with E-state index >= 15 is 0 Å². The van der Waals surface area contributed by atoms with E-state index in [2.05, 4.69) is 15.9 Å². The molecule has 0 aliphatic carbocycles. The Kier molecular flexibility index (Phi) is 4.46. The monoisotopic (exact) mass is 396 g/mol. The second-order valence-electron chi connectivity index (χ2n) is 7.01. The fourth-order valence-corrected chi connectivity index (χ4v) is 3.40. The summed E-state index contributed by atoms with van der Waals surface area (Å²) >= 11 is 3.43. The quantitative estimate of drug-likeness (QED) is 0.676. The van der Waals surface area contributed by atoms with Crippen LogP contribution in [-0.4, -0.2) is 59.7 Å². The maximum absolute atomic E-state index is 12.8. The van der Waals surface area contributed by atoms with Crippen LogP contribution in [0, 0.1) is 0 Å². The van der Waals surface area contributed by atoms with Gasteiger partial charge in [-0.1, -0.05) is 6.07 Å². The maximum atomic E-state index is 12.8. The van der Waals surface area contributed by atoms with E-state index in [1.807, 2.05) is 32.9 Å². The van der Waals surface area contributed by atoms with Crippen LogP contribution >= 0.6 is 15.9 Å². The average Bonchev–Trinajstić information content (AvgIpc) is 2.64. The summed E-state index contributed by atoms with van der Waals surface area (Å²) < 4.78 is 12.1. The molecule has 2 heterocycles. The van der Waals surface area contributed by atoms with Crippen molar-refractivity contribution in [3.8, 4) is 5.75 Å². The van der Waals surface area contributed by atoms with Gasteiger partial charge in [0.2, 0.25) is 0 Å². The van der Waals surface area contributed by atoms with Crippen molar-refractivity contribution in [2.45, 2.75) is 32.4 Å². The number of carbonyl (C=O) groups excluding carboxylic acids is 2. The molecule has 1 unspecified atom stereocenters. The molecule has 0 N–H and O–H groups in total. The van der Waals surface area contributed by atoms with Crippen molar-refractivity contribution in [2.75, 3.05) is 26.2 Å². The predicted octanol–water partition coefficient (Wildman–Crippen LogP) is 2.90. The highest BCUT2D eigenvalue weighted by atomic mass is 79.9. The van der Waals surface area contributed by atoms with E-state index in [-0.39, 0.29) is 18.0 Å². The molecule has 0 spiro atoms. The van der Waals surface area contributed by atoms with Crippen LogP contribution in [-0.2, 0) is 4.74 Å². The number of carbonyl (C=O) groups is 2. The molecule has 0 aromatic heterocycles. The highest BCUT2D eigenvalue weighted by Gasteiger charge is 2.38. The highest BCUT2D eigenvalue weighted by molar-refractivity contribution is 9.10. The largest absolute Gasteiger partial charge is 0.489 e. The van der Waals surface area contributed by atoms with Crippen molar-refractivity contribution in [3.63, 3.8) is 0 Å². The Labute approximate surface area is 149 Å². The summed E-state index contributed by atoms with van der Waals surface area (Å²) in [5.74, 6) is 0.512. The number of ether oxygens (including phenoxy) is 2. The van der Waals surface area contributed by atoms with Crippen LogP contribution in [0.1, 0.15) is 31.1 Å². The summed E-state index contributed by atoms with van der Waals surface area (Å²) in [6.07, 6.45) is -0.349. The van der Waals surface area contributed by atoms with Gasteiger partial charge in [-0.2, -0.15) is 0 Å². The first-order valence-electron chi connectivity index (χ1n) is 7.96. The van der Waals surface area contributed by atoms with Gasteiger partial charge in [0.05, 0.1) is 16.1 Å². The van der Waals surface area contributed by atoms with Gasteiger partial charge in [-0.05, 0) is 48.8 Å². The minimum Gasteiger partial charge on any atom is -0.489 e. The van der Waals surface area contributed by atoms with E-state index in [0.29, 0.717) is 37.6 Å². The predicted molar refractivity (Wildman–Crippen MR) is 92.3 cm³/mol. The van der Waals surface area contributed by atoms with E-state index in [4.69, 9.17) is 9.47 Å². The summed E-state index contributed by atoms with van der Waals surface area (Å²) in [7, 11) is 0. The Morgan fingerprint density at radius 2 is 2.08 bits per heavy atom. The zero-order valence-electron chi connectivity index (χ0n) is 14.0. The zero-order chi connectivity index (χ0) is 17.5. The molecule has 1 atom stereocenters. The van der Waals surface area contributed by atoms with Crippen LogP contribution in [0.4, 0.5) is 4.79 Å². The Morgan fingerprint density at radius 1 is 1.33 bits per heavy atom. The van der Waals surface area contributed by atoms with Crippen molar-refractivity contribution in [1.29, 1.82) is 0 Å². The molecule has 2 aliphatic rings. The zero-order valence-corrected chi connectivity index (χ0v) is 15.6. The van der Waals surface area contributed by atoms with E-state index in [1.54, 1.807) is 15.9 Å². The van der Waals surface area contributed by atoms with Gasteiger partial charge in [-0.25, -0.2) is 4.79 Å². The molecule has 6 nitrogen and oxygen atoms in total. The molecular weight excluding hydrogens is 376 g/mol. The van der Waals surface area contributed by atoms with E-state index in [9.17, 15) is 9.59 Å². The van der Waals surface area contributed by atoms with Gasteiger partial charge >= 0.3 is 6.09 Å². The van der Waals surface area contributed by atoms with Crippen LogP contribution in [0.5, 0.6) is 5.75 Å². The highest BCUT2D eigenvalue weighted by Crippen LogP contribution is 2.33. The maximum Gasteiger partial charge on any atom is 0.410 e. The third-order valence-corrected chi connectivity index (χ3v) is 4.64. The second kappa shape index (κ2) is 6.27. The number of hydrogen-bond acceptors (Lipinski definition) is 4. The van der Waals surface area contributed by atoms with E-state index in [1.165, 1.54) is 0 Å². The number of halogens is 1. The smallest absolute Gasteiger partial charge is 0.410 e. The number of benzene rings is 1. The van der Waals surface area contributed by atoms with Crippen LogP contribution in [0.25, 0.3) is 0 Å². The van der Waals surface area contributed by atoms with Gasteiger partial charge in [-0.3, -0.25) is 4.79 Å². The van der Waals surface area contributed by atoms with Gasteiger partial charge < -0.3 is 19.3 Å². The molecule has 0 radical (unpaired) electrons. The molecule has 2 amide bonds. The first kappa shape index (κ1) is 17.1. The molecule has 1 saturated heterocycles. The molecule has 1 aromatic carbocycles. The number of amides is 2. The lowest BCUT2D eigenvalue weighted by Gasteiger charge is -2.40. The number of fused-ring (bicyclic) bond motifs is 2. The molecule has 24 heavy (non-hydrogen) atoms. The Morgan fingerprint density at radius 3 is 2.79 bits per heavy atom. The van der Waals surface area contributed by atoms with Gasteiger partial charge in [0.1, 0.15) is 18.0 Å². The third kappa shape index (κ3) is 3.36. The fraction of sp³-hybridized carbons (Fsp3) is 0.529. The standard InChI is InChI=1S/C17H21BrN2O4/c1-17(2,3)24-16(22)19-7-8-20-11(9-19)10-23-14-12(15(20)21)5-4-6-13(14)18/h4-6,11H,7-10H2,1-3H3. The minimum absolute atomic E-state index is 0.0577. The summed E-state index contributed by atoms with van der Waals surface area (Å²) in [6.45, 7) is 7.21. The minimum atomic E-state index is -0.537. The molecule has 1 fully saturated rings. The van der Waals surface area contributed by atoms with Gasteiger partial charge in [-0.15, -0.1) is 0 Å². The third-order valence-electron chi connectivity index (χ3n) is 4.01. The number of hydrogen-bond donors (Lipinski definition) is 0. The van der Waals surface area contributed by atoms with Crippen molar-refractivity contribution < 1.29 is 19.1 Å². The Hall–Kier alpha value is -1.76. The fourth-order valence-electron chi connectivity index (χ4n) is 2.92. The molecular formula is C17H21BrN2O4. The van der Waals surface area contributed by atoms with Gasteiger partial charge in [0, 0.05) is 19.6 Å². The summed E-state index contributed by atoms with van der Waals surface area (Å²) in [5.41, 5.74) is 0.0167. The van der Waals surface area contributed by atoms with E-state index < -0.39 is 5.60 Å². The molecule has 130 valence electrons. The first-order chi connectivity index (χ1) is 11.3. The van der Waals surface area contributed by atoms with Crippen molar-refractivity contribution in [2.24, 2.45) is 0 Å². The summed E-state index contributed by atoms with van der Waals surface area (Å²) in [6, 6.07) is 5.26. The summed E-state index contributed by atoms with van der Waals surface area (Å²) in [4.78, 5) is 28.5. The van der Waals surface area contributed by atoms with Crippen molar-refractivity contribution >= 4 is 27.9 Å². The SMILES string of the molecule is CC(C)(C)OC(=O)N1CCN2C(=O)c3cccc(Br)c3OCC2C1. The van der Waals surface area contributed by atoms with Gasteiger partial charge in [0.15, 0.2) is 0 Å². The summed E-state index contributed by atoms with van der Waals surface area (Å²) in [5, 5.41) is 0. The Bertz CT molecular complexity index is 671. The first-order valence-corrected chi connectivity index (χ1v) is 8.76. The van der Waals surface area contributed by atoms with Gasteiger partial charge in [0.25, 0.3) is 5.91 Å². The lowest BCUT2D eigenvalue weighted by Crippen LogP contribution is -2.58. The number of para-hydroxylation sites is 1. The molecule has 2 aliphatic heterocycles. The lowest BCUT2D eigenvalue weighted by molar-refractivity contribution is 0.000935. The molecule has 7 heteroatoms. The lowest BCUT2D eigenvalue weighted by atomic mass is 10.1. The van der Waals surface area contributed by atoms with E-state index in [0.717, 1.165) is 4.47 Å². The molecule has 0 bridgehead atoms. The second-order valence-corrected chi connectivity index (χ2v) is 7.86. The number of rotatable bonds is 0. The van der Waals surface area contributed by atoms with Crippen LogP contribution < -0.4 is 4.74 Å². The molecule has 3 rings (SSSR count).